The normalized spacial score (nSPS) is 14.4. The lowest BCUT2D eigenvalue weighted by Gasteiger charge is -2.22. The lowest BCUT2D eigenvalue weighted by molar-refractivity contribution is 0.443. The molecule has 1 aliphatic rings. The van der Waals surface area contributed by atoms with Crippen LogP contribution in [-0.4, -0.2) is 12.6 Å². The molecule has 21 heavy (non-hydrogen) atoms. The van der Waals surface area contributed by atoms with E-state index < -0.39 is 0 Å². The zero-order chi connectivity index (χ0) is 14.7. The van der Waals surface area contributed by atoms with Gasteiger partial charge in [-0.05, 0) is 51.0 Å². The van der Waals surface area contributed by atoms with Crippen molar-refractivity contribution >= 4 is 5.69 Å². The van der Waals surface area contributed by atoms with E-state index >= 15 is 0 Å². The molecule has 0 amide bonds. The Kier molecular flexibility index (Phi) is 4.30. The Balaban J connectivity index is 1.61. The fraction of sp³-hybridized carbons (Fsp3) is 0.444. The van der Waals surface area contributed by atoms with Crippen LogP contribution in [0.2, 0.25) is 0 Å². The highest BCUT2D eigenvalue weighted by Crippen LogP contribution is 2.21. The van der Waals surface area contributed by atoms with E-state index in [1.807, 2.05) is 0 Å². The fourth-order valence-corrected chi connectivity index (χ4v) is 2.46. The lowest BCUT2D eigenvalue weighted by Crippen LogP contribution is -2.21. The maximum atomic E-state index is 5.94. The van der Waals surface area contributed by atoms with Crippen LogP contribution in [-0.2, 0) is 13.1 Å². The minimum Gasteiger partial charge on any atom is -0.463 e. The van der Waals surface area contributed by atoms with Crippen molar-refractivity contribution in [1.82, 2.24) is 5.32 Å². The first kappa shape index (κ1) is 14.2. The van der Waals surface area contributed by atoms with E-state index in [0.717, 1.165) is 37.2 Å². The molecule has 0 aliphatic heterocycles. The van der Waals surface area contributed by atoms with Gasteiger partial charge in [-0.3, -0.25) is 0 Å². The van der Waals surface area contributed by atoms with Crippen LogP contribution in [0, 0.1) is 6.92 Å². The first-order valence-electron chi connectivity index (χ1n) is 7.87. The molecule has 0 atom stereocenters. The summed E-state index contributed by atoms with van der Waals surface area (Å²) >= 11 is 0. The van der Waals surface area contributed by atoms with Crippen molar-refractivity contribution in [1.29, 1.82) is 0 Å². The van der Waals surface area contributed by atoms with Crippen molar-refractivity contribution in [3.05, 3.63) is 53.5 Å². The second-order valence-corrected chi connectivity index (χ2v) is 5.87. The second kappa shape index (κ2) is 6.35. The summed E-state index contributed by atoms with van der Waals surface area (Å²) in [6.07, 6.45) is 2.62. The summed E-state index contributed by atoms with van der Waals surface area (Å²) < 4.78 is 5.94. The molecule has 3 heteroatoms. The number of hydrogen-bond acceptors (Lipinski definition) is 3. The van der Waals surface area contributed by atoms with Crippen LogP contribution in [0.1, 0.15) is 36.8 Å². The molecule has 1 aromatic heterocycles. The third-order valence-electron chi connectivity index (χ3n) is 3.99. The van der Waals surface area contributed by atoms with E-state index in [4.69, 9.17) is 4.42 Å². The van der Waals surface area contributed by atoms with Gasteiger partial charge >= 0.3 is 0 Å². The number of benzene rings is 1. The van der Waals surface area contributed by atoms with Crippen molar-refractivity contribution in [3.63, 3.8) is 0 Å². The molecule has 1 aromatic carbocycles. The van der Waals surface area contributed by atoms with Gasteiger partial charge in [0.15, 0.2) is 0 Å². The second-order valence-electron chi connectivity index (χ2n) is 5.87. The lowest BCUT2D eigenvalue weighted by atomic mass is 10.2. The van der Waals surface area contributed by atoms with Crippen LogP contribution >= 0.6 is 0 Å². The van der Waals surface area contributed by atoms with Crippen molar-refractivity contribution < 1.29 is 4.42 Å². The van der Waals surface area contributed by atoms with Gasteiger partial charge in [-0.25, -0.2) is 0 Å². The van der Waals surface area contributed by atoms with E-state index in [1.165, 1.54) is 24.1 Å². The largest absolute Gasteiger partial charge is 0.463 e. The molecule has 0 radical (unpaired) electrons. The number of furan rings is 1. The predicted molar refractivity (Wildman–Crippen MR) is 86.5 cm³/mol. The van der Waals surface area contributed by atoms with Crippen molar-refractivity contribution in [3.8, 4) is 0 Å². The Morgan fingerprint density at radius 3 is 2.48 bits per heavy atom. The summed E-state index contributed by atoms with van der Waals surface area (Å²) in [5, 5.41) is 3.48. The molecule has 1 N–H and O–H groups in total. The third kappa shape index (κ3) is 3.88. The SMILES string of the molecule is CCN(Cc1ccc(CNC2CC2)o1)c1ccc(C)cc1. The molecule has 2 aromatic rings. The van der Waals surface area contributed by atoms with Gasteiger partial charge in [0.05, 0.1) is 13.1 Å². The highest BCUT2D eigenvalue weighted by molar-refractivity contribution is 5.47. The van der Waals surface area contributed by atoms with Crippen LogP contribution in [0.3, 0.4) is 0 Å². The number of anilines is 1. The van der Waals surface area contributed by atoms with Gasteiger partial charge in [-0.1, -0.05) is 17.7 Å². The van der Waals surface area contributed by atoms with Gasteiger partial charge in [0.25, 0.3) is 0 Å². The topological polar surface area (TPSA) is 28.4 Å². The van der Waals surface area contributed by atoms with Crippen LogP contribution in [0.25, 0.3) is 0 Å². The maximum Gasteiger partial charge on any atom is 0.123 e. The summed E-state index contributed by atoms with van der Waals surface area (Å²) in [4.78, 5) is 2.33. The van der Waals surface area contributed by atoms with Crippen LogP contribution in [0.4, 0.5) is 5.69 Å². The summed E-state index contributed by atoms with van der Waals surface area (Å²) in [7, 11) is 0. The van der Waals surface area contributed by atoms with Gasteiger partial charge in [0.1, 0.15) is 11.5 Å². The van der Waals surface area contributed by atoms with Gasteiger partial charge in [-0.2, -0.15) is 0 Å². The monoisotopic (exact) mass is 284 g/mol. The zero-order valence-corrected chi connectivity index (χ0v) is 12.9. The Labute approximate surface area is 127 Å². The third-order valence-corrected chi connectivity index (χ3v) is 3.99. The summed E-state index contributed by atoms with van der Waals surface area (Å²) in [5.41, 5.74) is 2.54. The molecule has 0 spiro atoms. The zero-order valence-electron chi connectivity index (χ0n) is 12.9. The van der Waals surface area contributed by atoms with E-state index in [0.29, 0.717) is 0 Å². The predicted octanol–water partition coefficient (Wildman–Crippen LogP) is 3.87. The maximum absolute atomic E-state index is 5.94. The average molecular weight is 284 g/mol. The van der Waals surface area contributed by atoms with E-state index in [9.17, 15) is 0 Å². The number of hydrogen-bond donors (Lipinski definition) is 1. The quantitative estimate of drug-likeness (QED) is 0.836. The smallest absolute Gasteiger partial charge is 0.123 e. The molecule has 0 saturated heterocycles. The highest BCUT2D eigenvalue weighted by atomic mass is 16.3. The summed E-state index contributed by atoms with van der Waals surface area (Å²) in [5.74, 6) is 2.07. The van der Waals surface area contributed by atoms with E-state index in [2.05, 4.69) is 60.5 Å². The first-order valence-corrected chi connectivity index (χ1v) is 7.87. The molecule has 0 bridgehead atoms. The standard InChI is InChI=1S/C18H24N2O/c1-3-20(16-8-4-14(2)5-9-16)13-18-11-10-17(21-18)12-19-15-6-7-15/h4-5,8-11,15,19H,3,6-7,12-13H2,1-2H3. The van der Waals surface area contributed by atoms with Crippen LogP contribution in [0.15, 0.2) is 40.8 Å². The van der Waals surface area contributed by atoms with Gasteiger partial charge < -0.3 is 14.6 Å². The van der Waals surface area contributed by atoms with Crippen LogP contribution in [0.5, 0.6) is 0 Å². The molecular formula is C18H24N2O. The number of aryl methyl sites for hydroxylation is 1. The number of nitrogens with zero attached hydrogens (tertiary/aromatic N) is 1. The summed E-state index contributed by atoms with van der Waals surface area (Å²) in [6, 6.07) is 13.6. The number of nitrogens with one attached hydrogen (secondary N) is 1. The van der Waals surface area contributed by atoms with E-state index in [-0.39, 0.29) is 0 Å². The Morgan fingerprint density at radius 2 is 1.81 bits per heavy atom. The van der Waals surface area contributed by atoms with Crippen molar-refractivity contribution in [2.24, 2.45) is 0 Å². The number of rotatable bonds is 7. The fourth-order valence-electron chi connectivity index (χ4n) is 2.46. The molecule has 3 nitrogen and oxygen atoms in total. The highest BCUT2D eigenvalue weighted by Gasteiger charge is 2.20. The molecular weight excluding hydrogens is 260 g/mol. The van der Waals surface area contributed by atoms with Crippen LogP contribution < -0.4 is 10.2 Å². The Bertz CT molecular complexity index is 569. The molecule has 1 fully saturated rings. The van der Waals surface area contributed by atoms with Gasteiger partial charge in [0.2, 0.25) is 0 Å². The molecule has 112 valence electrons. The van der Waals surface area contributed by atoms with Gasteiger partial charge in [0, 0.05) is 18.3 Å². The average Bonchev–Trinajstić information content (AvgIpc) is 3.23. The molecule has 1 heterocycles. The van der Waals surface area contributed by atoms with Crippen molar-refractivity contribution in [2.75, 3.05) is 11.4 Å². The molecule has 1 saturated carbocycles. The van der Waals surface area contributed by atoms with Crippen molar-refractivity contribution in [2.45, 2.75) is 45.8 Å². The summed E-state index contributed by atoms with van der Waals surface area (Å²) in [6.45, 7) is 6.94. The van der Waals surface area contributed by atoms with E-state index in [1.54, 1.807) is 0 Å². The van der Waals surface area contributed by atoms with Gasteiger partial charge in [-0.15, -0.1) is 0 Å². The molecule has 3 rings (SSSR count). The molecule has 0 unspecified atom stereocenters. The Morgan fingerprint density at radius 1 is 1.10 bits per heavy atom. The Hall–Kier alpha value is -1.74. The molecule has 1 aliphatic carbocycles. The minimum absolute atomic E-state index is 0.721. The minimum atomic E-state index is 0.721. The first-order chi connectivity index (χ1) is 10.2.